The zero-order valence-corrected chi connectivity index (χ0v) is 35.1. The molecule has 2 saturated heterocycles. The first-order chi connectivity index (χ1) is 25.9. The van der Waals surface area contributed by atoms with E-state index in [1.54, 1.807) is 21.0 Å². The minimum atomic E-state index is -2.32. The lowest BCUT2D eigenvalue weighted by Crippen LogP contribution is -2.62. The number of esters is 1. The lowest BCUT2D eigenvalue weighted by atomic mass is 9.71. The molecule has 312 valence electrons. The van der Waals surface area contributed by atoms with E-state index >= 15 is 0 Å². The van der Waals surface area contributed by atoms with E-state index in [4.69, 9.17) is 14.2 Å². The fourth-order valence-electron chi connectivity index (χ4n) is 9.79. The Bertz CT molecular complexity index is 1430. The standard InChI is InChI=1S/C44H71NO10/c1-10-31-21-27(4)20-26(3)15-16-37-32(11-2)22-29(6)44(52,55-37)40(49)41(50)45-19-13-12-14-33(45)42(51)54-39(30(7)35(47)23-36(31)48)28(5)24-43(8)18-17-34(46)38(25-43)53-9/h21,24,26,29-35,37-39,46-47,52H,10-20,22-23,25H2,1-9H3/b27-21+,28-24+/t26-,29-,30-,31-,32+,33?,34-,35+,37+,38-,39-,43-,44-/m1/s1. The molecule has 4 rings (SSSR count). The van der Waals surface area contributed by atoms with E-state index in [2.05, 4.69) is 20.8 Å². The van der Waals surface area contributed by atoms with E-state index in [0.29, 0.717) is 56.9 Å². The maximum Gasteiger partial charge on any atom is 0.329 e. The first kappa shape index (κ1) is 45.3. The van der Waals surface area contributed by atoms with Crippen molar-refractivity contribution in [3.63, 3.8) is 0 Å². The van der Waals surface area contributed by atoms with Gasteiger partial charge in [-0.25, -0.2) is 4.79 Å². The molecule has 3 fully saturated rings. The minimum absolute atomic E-state index is 0.0833. The summed E-state index contributed by atoms with van der Waals surface area (Å²) in [6, 6.07) is -1.08. The third-order valence-electron chi connectivity index (χ3n) is 13.4. The average molecular weight is 774 g/mol. The molecule has 0 aromatic carbocycles. The van der Waals surface area contributed by atoms with Crippen LogP contribution in [0.1, 0.15) is 139 Å². The van der Waals surface area contributed by atoms with Crippen LogP contribution in [0.2, 0.25) is 0 Å². The molecule has 11 nitrogen and oxygen atoms in total. The summed E-state index contributed by atoms with van der Waals surface area (Å²) in [5.74, 6) is -6.51. The Morgan fingerprint density at radius 2 is 1.71 bits per heavy atom. The molecule has 1 saturated carbocycles. The van der Waals surface area contributed by atoms with Gasteiger partial charge < -0.3 is 34.4 Å². The number of nitrogens with zero attached hydrogens (tertiary/aromatic N) is 1. The Morgan fingerprint density at radius 3 is 2.36 bits per heavy atom. The maximum atomic E-state index is 14.3. The highest BCUT2D eigenvalue weighted by Crippen LogP contribution is 2.42. The number of Topliss-reactive ketones (excluding diaryl/α,β-unsaturated/α-hetero) is 2. The van der Waals surface area contributed by atoms with Crippen LogP contribution in [0, 0.1) is 35.0 Å². The number of methoxy groups -OCH3 is 1. The first-order valence-electron chi connectivity index (χ1n) is 21.1. The Kier molecular flexibility index (Phi) is 15.9. The molecule has 1 aliphatic carbocycles. The summed E-state index contributed by atoms with van der Waals surface area (Å²) in [4.78, 5) is 57.6. The monoisotopic (exact) mass is 774 g/mol. The molecule has 0 aromatic rings. The van der Waals surface area contributed by atoms with Gasteiger partial charge in [-0.2, -0.15) is 0 Å². The van der Waals surface area contributed by atoms with Crippen LogP contribution in [0.4, 0.5) is 0 Å². The summed E-state index contributed by atoms with van der Waals surface area (Å²) in [5, 5.41) is 34.1. The van der Waals surface area contributed by atoms with E-state index in [-0.39, 0.29) is 49.0 Å². The first-order valence-corrected chi connectivity index (χ1v) is 21.1. The zero-order valence-electron chi connectivity index (χ0n) is 35.1. The normalized spacial score (nSPS) is 42.1. The minimum Gasteiger partial charge on any atom is -0.456 e. The van der Waals surface area contributed by atoms with E-state index in [1.165, 1.54) is 4.90 Å². The summed E-state index contributed by atoms with van der Waals surface area (Å²) in [5.41, 5.74) is 1.34. The van der Waals surface area contributed by atoms with E-state index in [0.717, 1.165) is 24.8 Å². The number of piperidine rings is 1. The number of carbonyl (C=O) groups excluding carboxylic acids is 4. The summed E-state index contributed by atoms with van der Waals surface area (Å²) < 4.78 is 18.2. The molecular formula is C44H71NO10. The molecule has 3 heterocycles. The van der Waals surface area contributed by atoms with E-state index < -0.39 is 71.2 Å². The molecule has 11 heteroatoms. The summed E-state index contributed by atoms with van der Waals surface area (Å²) in [7, 11) is 1.58. The SMILES string of the molecule is CC[C@H]1C[C@@H](C)[C@@]2(O)O[C@H]1CC[C@@H](C)C/C(C)=C/[C@@H](CC)C(=O)C[C@H](O)[C@@H](C)[C@@H](/C(C)=C/[C@@]1(C)CC[C@@H](O)[C@H](OC)C1)OC(=O)C1CCCCN1C(=O)C2=O. The van der Waals surface area contributed by atoms with Gasteiger partial charge in [0.15, 0.2) is 0 Å². The van der Waals surface area contributed by atoms with Crippen LogP contribution in [0.3, 0.4) is 0 Å². The number of amides is 1. The van der Waals surface area contributed by atoms with Gasteiger partial charge >= 0.3 is 5.97 Å². The number of cyclic esters (lactones) is 1. The van der Waals surface area contributed by atoms with Crippen molar-refractivity contribution in [2.45, 2.75) is 181 Å². The molecule has 3 aliphatic heterocycles. The van der Waals surface area contributed by atoms with Gasteiger partial charge in [0, 0.05) is 37.8 Å². The number of rotatable bonds is 5. The molecule has 3 N–H and O–H groups in total. The lowest BCUT2D eigenvalue weighted by molar-refractivity contribution is -0.276. The van der Waals surface area contributed by atoms with Gasteiger partial charge in [-0.3, -0.25) is 14.4 Å². The number of fused-ring (bicyclic) bond motifs is 3. The molecule has 13 atom stereocenters. The predicted octanol–water partition coefficient (Wildman–Crippen LogP) is 6.25. The molecule has 1 unspecified atom stereocenters. The molecule has 0 spiro atoms. The Morgan fingerprint density at radius 1 is 1.00 bits per heavy atom. The van der Waals surface area contributed by atoms with Crippen LogP contribution in [0.5, 0.6) is 0 Å². The summed E-state index contributed by atoms with van der Waals surface area (Å²) >= 11 is 0. The molecular weight excluding hydrogens is 702 g/mol. The number of aliphatic hydroxyl groups is 3. The van der Waals surface area contributed by atoms with Gasteiger partial charge in [0.05, 0.1) is 24.4 Å². The van der Waals surface area contributed by atoms with Gasteiger partial charge in [-0.15, -0.1) is 0 Å². The summed E-state index contributed by atoms with van der Waals surface area (Å²) in [6.07, 6.45) is 7.67. The molecule has 0 radical (unpaired) electrons. The van der Waals surface area contributed by atoms with Gasteiger partial charge in [-0.05, 0) is 107 Å². The Balaban J connectivity index is 1.75. The van der Waals surface area contributed by atoms with Gasteiger partial charge in [0.25, 0.3) is 11.7 Å². The van der Waals surface area contributed by atoms with Crippen LogP contribution in [-0.2, 0) is 33.4 Å². The fraction of sp³-hybridized carbons (Fsp3) is 0.818. The van der Waals surface area contributed by atoms with Gasteiger partial charge in [0.1, 0.15) is 17.9 Å². The number of aliphatic hydroxyl groups excluding tert-OH is 2. The molecule has 4 aliphatic rings. The largest absolute Gasteiger partial charge is 0.456 e. The molecule has 55 heavy (non-hydrogen) atoms. The third-order valence-corrected chi connectivity index (χ3v) is 13.4. The number of hydrogen-bond donors (Lipinski definition) is 3. The van der Waals surface area contributed by atoms with Crippen LogP contribution < -0.4 is 0 Å². The number of allylic oxidation sites excluding steroid dienone is 3. The van der Waals surface area contributed by atoms with Crippen LogP contribution >= 0.6 is 0 Å². The quantitative estimate of drug-likeness (QED) is 0.166. The smallest absolute Gasteiger partial charge is 0.329 e. The highest BCUT2D eigenvalue weighted by molar-refractivity contribution is 6.39. The van der Waals surface area contributed by atoms with Crippen molar-refractivity contribution in [3.05, 3.63) is 23.3 Å². The zero-order chi connectivity index (χ0) is 40.8. The Hall–Kier alpha value is -2.44. The second-order valence-electron chi connectivity index (χ2n) is 18.0. The summed E-state index contributed by atoms with van der Waals surface area (Å²) in [6.45, 7) is 15.8. The molecule has 2 bridgehead atoms. The molecule has 1 amide bonds. The number of ether oxygens (including phenoxy) is 3. The average Bonchev–Trinajstić information content (AvgIpc) is 3.15. The van der Waals surface area contributed by atoms with Gasteiger partial charge in [0.2, 0.25) is 5.79 Å². The van der Waals surface area contributed by atoms with Crippen LogP contribution in [-0.4, -0.2) is 99.7 Å². The van der Waals surface area contributed by atoms with Crippen molar-refractivity contribution in [2.24, 2.45) is 35.0 Å². The second kappa shape index (κ2) is 19.3. The number of carbonyl (C=O) groups is 4. The predicted molar refractivity (Wildman–Crippen MR) is 209 cm³/mol. The van der Waals surface area contributed by atoms with Crippen molar-refractivity contribution >= 4 is 23.4 Å². The van der Waals surface area contributed by atoms with Crippen molar-refractivity contribution in [3.8, 4) is 0 Å². The fourth-order valence-corrected chi connectivity index (χ4v) is 9.79. The van der Waals surface area contributed by atoms with Crippen molar-refractivity contribution in [2.75, 3.05) is 13.7 Å². The Labute approximate surface area is 329 Å². The van der Waals surface area contributed by atoms with Gasteiger partial charge in [-0.1, -0.05) is 65.7 Å². The third kappa shape index (κ3) is 10.7. The lowest BCUT2D eigenvalue weighted by Gasteiger charge is -2.45. The van der Waals surface area contributed by atoms with E-state index in [1.807, 2.05) is 32.9 Å². The number of ketones is 2. The second-order valence-corrected chi connectivity index (χ2v) is 18.0. The van der Waals surface area contributed by atoms with Crippen LogP contribution in [0.15, 0.2) is 23.3 Å². The highest BCUT2D eigenvalue weighted by atomic mass is 16.6. The van der Waals surface area contributed by atoms with Crippen molar-refractivity contribution < 1.29 is 48.7 Å². The van der Waals surface area contributed by atoms with E-state index in [9.17, 15) is 34.5 Å². The maximum absolute atomic E-state index is 14.3. The van der Waals surface area contributed by atoms with Crippen LogP contribution in [0.25, 0.3) is 0 Å². The highest BCUT2D eigenvalue weighted by Gasteiger charge is 2.54. The molecule has 0 aromatic heterocycles. The van der Waals surface area contributed by atoms with Crippen molar-refractivity contribution in [1.29, 1.82) is 0 Å². The number of hydrogen-bond acceptors (Lipinski definition) is 10. The van der Waals surface area contributed by atoms with Crippen molar-refractivity contribution in [1.82, 2.24) is 4.90 Å². The topological polar surface area (TPSA) is 160 Å².